The summed E-state index contributed by atoms with van der Waals surface area (Å²) in [5.41, 5.74) is 5.53. The first-order valence-electron chi connectivity index (χ1n) is 8.12. The molecule has 0 aliphatic heterocycles. The number of hydrogen-bond acceptors (Lipinski definition) is 2. The third kappa shape index (κ3) is 11.6. The van der Waals surface area contributed by atoms with Crippen LogP contribution >= 0.6 is 12.4 Å². The van der Waals surface area contributed by atoms with E-state index >= 15 is 0 Å². The predicted molar refractivity (Wildman–Crippen MR) is 96.1 cm³/mol. The van der Waals surface area contributed by atoms with E-state index in [0.717, 1.165) is 11.8 Å². The molecular formula is C16H35ClN2OS. The molecule has 2 saturated carbocycles. The van der Waals surface area contributed by atoms with Gasteiger partial charge in [0.05, 0.1) is 15.7 Å². The second-order valence-electron chi connectivity index (χ2n) is 7.74. The second kappa shape index (κ2) is 9.49. The highest BCUT2D eigenvalue weighted by molar-refractivity contribution is 7.84. The molecule has 0 saturated heterocycles. The second-order valence-corrected chi connectivity index (χ2v) is 9.73. The van der Waals surface area contributed by atoms with Crippen LogP contribution in [0, 0.1) is 11.8 Å². The predicted octanol–water partition coefficient (Wildman–Crippen LogP) is 3.78. The average molecular weight is 339 g/mol. The Hall–Kier alpha value is 0.360. The van der Waals surface area contributed by atoms with Crippen molar-refractivity contribution in [2.45, 2.75) is 90.0 Å². The Morgan fingerprint density at radius 3 is 1.81 bits per heavy atom. The van der Waals surface area contributed by atoms with Gasteiger partial charge in [0.15, 0.2) is 0 Å². The fraction of sp³-hybridized carbons (Fsp3) is 1.00. The highest BCUT2D eigenvalue weighted by Crippen LogP contribution is 2.33. The smallest absolute Gasteiger partial charge is 0.0972 e. The van der Waals surface area contributed by atoms with E-state index in [4.69, 9.17) is 5.73 Å². The molecule has 0 bridgehead atoms. The number of hydrogen-bond donors (Lipinski definition) is 2. The van der Waals surface area contributed by atoms with Crippen molar-refractivity contribution in [3.05, 3.63) is 0 Å². The molecule has 2 aliphatic rings. The molecule has 3 unspecified atom stereocenters. The van der Waals surface area contributed by atoms with Crippen LogP contribution < -0.4 is 10.5 Å². The summed E-state index contributed by atoms with van der Waals surface area (Å²) in [5, 5.41) is 0. The molecule has 3 nitrogen and oxygen atoms in total. The lowest BCUT2D eigenvalue weighted by Gasteiger charge is -2.21. The molecule has 0 heterocycles. The van der Waals surface area contributed by atoms with Crippen molar-refractivity contribution in [2.24, 2.45) is 17.6 Å². The van der Waals surface area contributed by atoms with Crippen molar-refractivity contribution in [3.8, 4) is 0 Å². The summed E-state index contributed by atoms with van der Waals surface area (Å²) < 4.78 is 14.7. The molecule has 2 aliphatic carbocycles. The lowest BCUT2D eigenvalue weighted by Crippen LogP contribution is -2.38. The minimum Gasteiger partial charge on any atom is -0.328 e. The van der Waals surface area contributed by atoms with E-state index in [1.165, 1.54) is 38.5 Å². The largest absolute Gasteiger partial charge is 0.328 e. The Balaban J connectivity index is 0.000000425. The van der Waals surface area contributed by atoms with Crippen molar-refractivity contribution in [3.63, 3.8) is 0 Å². The summed E-state index contributed by atoms with van der Waals surface area (Å²) in [6, 6.07) is 0.833. The summed E-state index contributed by atoms with van der Waals surface area (Å²) in [6.07, 6.45) is 8.03. The van der Waals surface area contributed by atoms with Gasteiger partial charge in [0.1, 0.15) is 0 Å². The van der Waals surface area contributed by atoms with E-state index in [1.807, 2.05) is 20.8 Å². The summed E-state index contributed by atoms with van der Waals surface area (Å²) in [4.78, 5) is 0. The highest BCUT2D eigenvalue weighted by atomic mass is 35.5. The molecule has 5 heteroatoms. The van der Waals surface area contributed by atoms with Crippen LogP contribution in [0.2, 0.25) is 0 Å². The highest BCUT2D eigenvalue weighted by Gasteiger charge is 2.26. The Labute approximate surface area is 140 Å². The third-order valence-corrected chi connectivity index (χ3v) is 5.38. The van der Waals surface area contributed by atoms with E-state index in [1.54, 1.807) is 0 Å². The fourth-order valence-electron chi connectivity index (χ4n) is 2.14. The van der Waals surface area contributed by atoms with Crippen molar-refractivity contribution in [2.75, 3.05) is 0 Å². The number of nitrogens with two attached hydrogens (primary N) is 1. The molecule has 21 heavy (non-hydrogen) atoms. The standard InChI is InChI=1S/C10H21NOS.C6H13N.ClH/c1-8(7-9-5-6-9)11-13(12)10(2,3)4;1-5(7)4-6-2-3-6;/h8-9,11H,5-7H2,1-4H3;5-6H,2-4,7H2,1H3;1H. The van der Waals surface area contributed by atoms with Crippen LogP contribution in [0.3, 0.4) is 0 Å². The summed E-state index contributed by atoms with van der Waals surface area (Å²) in [7, 11) is -0.906. The molecule has 2 fully saturated rings. The van der Waals surface area contributed by atoms with Gasteiger partial charge in [-0.1, -0.05) is 25.7 Å². The van der Waals surface area contributed by atoms with E-state index in [0.29, 0.717) is 12.1 Å². The monoisotopic (exact) mass is 338 g/mol. The van der Waals surface area contributed by atoms with Gasteiger partial charge in [0.2, 0.25) is 0 Å². The maximum absolute atomic E-state index is 11.7. The van der Waals surface area contributed by atoms with Crippen molar-refractivity contribution < 1.29 is 4.21 Å². The van der Waals surface area contributed by atoms with Crippen LogP contribution in [0.25, 0.3) is 0 Å². The van der Waals surface area contributed by atoms with Gasteiger partial charge in [-0.05, 0) is 59.3 Å². The van der Waals surface area contributed by atoms with Crippen LogP contribution in [-0.4, -0.2) is 21.0 Å². The molecule has 2 rings (SSSR count). The van der Waals surface area contributed by atoms with Gasteiger partial charge < -0.3 is 5.73 Å². The van der Waals surface area contributed by atoms with Crippen molar-refractivity contribution in [1.82, 2.24) is 4.72 Å². The van der Waals surface area contributed by atoms with Gasteiger partial charge >= 0.3 is 0 Å². The van der Waals surface area contributed by atoms with Gasteiger partial charge in [0, 0.05) is 12.1 Å². The molecule has 0 aromatic carbocycles. The minimum atomic E-state index is -0.906. The maximum atomic E-state index is 11.7. The fourth-order valence-corrected chi connectivity index (χ4v) is 2.96. The van der Waals surface area contributed by atoms with Gasteiger partial charge in [0.25, 0.3) is 0 Å². The summed E-state index contributed by atoms with van der Waals surface area (Å²) in [6.45, 7) is 10.2. The number of halogens is 1. The van der Waals surface area contributed by atoms with Crippen LogP contribution in [-0.2, 0) is 11.0 Å². The normalized spacial score (nSPS) is 22.4. The Bertz CT molecular complexity index is 310. The Kier molecular flexibility index (Phi) is 9.65. The molecule has 128 valence electrons. The Morgan fingerprint density at radius 1 is 1.10 bits per heavy atom. The van der Waals surface area contributed by atoms with Gasteiger partial charge in [-0.25, -0.2) is 8.93 Å². The van der Waals surface area contributed by atoms with Gasteiger partial charge in [-0.15, -0.1) is 12.4 Å². The Morgan fingerprint density at radius 2 is 1.52 bits per heavy atom. The zero-order chi connectivity index (χ0) is 15.3. The zero-order valence-electron chi connectivity index (χ0n) is 14.4. The SMILES string of the molecule is CC(CC1CC1)NS(=O)C(C)(C)C.CC(N)CC1CC1.Cl. The first-order valence-corrected chi connectivity index (χ1v) is 9.27. The molecule has 0 aromatic heterocycles. The molecule has 0 spiro atoms. The van der Waals surface area contributed by atoms with Crippen LogP contribution in [0.15, 0.2) is 0 Å². The zero-order valence-corrected chi connectivity index (χ0v) is 16.0. The average Bonchev–Trinajstić information content (AvgIpc) is 3.13. The molecule has 0 amide bonds. The van der Waals surface area contributed by atoms with E-state index < -0.39 is 11.0 Å². The van der Waals surface area contributed by atoms with Gasteiger partial charge in [-0.3, -0.25) is 0 Å². The van der Waals surface area contributed by atoms with Gasteiger partial charge in [-0.2, -0.15) is 0 Å². The summed E-state index contributed by atoms with van der Waals surface area (Å²) >= 11 is 0. The number of rotatable bonds is 6. The van der Waals surface area contributed by atoms with E-state index in [9.17, 15) is 4.21 Å². The quantitative estimate of drug-likeness (QED) is 0.774. The van der Waals surface area contributed by atoms with Crippen molar-refractivity contribution >= 4 is 23.4 Å². The van der Waals surface area contributed by atoms with Crippen LogP contribution in [0.1, 0.15) is 73.1 Å². The maximum Gasteiger partial charge on any atom is 0.0972 e. The first kappa shape index (κ1) is 21.4. The molecule has 0 aromatic rings. The minimum absolute atomic E-state index is 0. The van der Waals surface area contributed by atoms with E-state index in [2.05, 4.69) is 18.6 Å². The number of nitrogens with one attached hydrogen (secondary N) is 1. The molecule has 3 N–H and O–H groups in total. The summed E-state index contributed by atoms with van der Waals surface area (Å²) in [5.74, 6) is 1.90. The molecule has 0 radical (unpaired) electrons. The van der Waals surface area contributed by atoms with Crippen LogP contribution in [0.5, 0.6) is 0 Å². The molecular weight excluding hydrogens is 304 g/mol. The lowest BCUT2D eigenvalue weighted by atomic mass is 10.2. The molecule has 3 atom stereocenters. The third-order valence-electron chi connectivity index (χ3n) is 3.65. The van der Waals surface area contributed by atoms with Crippen molar-refractivity contribution in [1.29, 1.82) is 0 Å². The topological polar surface area (TPSA) is 55.1 Å². The first-order chi connectivity index (χ1) is 9.18. The van der Waals surface area contributed by atoms with Crippen LogP contribution in [0.4, 0.5) is 0 Å². The van der Waals surface area contributed by atoms with E-state index in [-0.39, 0.29) is 17.2 Å². The lowest BCUT2D eigenvalue weighted by molar-refractivity contribution is 0.553.